The van der Waals surface area contributed by atoms with Crippen molar-refractivity contribution in [2.45, 2.75) is 26.8 Å². The van der Waals surface area contributed by atoms with Gasteiger partial charge in [0, 0.05) is 29.1 Å². The van der Waals surface area contributed by atoms with Crippen molar-refractivity contribution < 1.29 is 0 Å². The predicted octanol–water partition coefficient (Wildman–Crippen LogP) is 2.78. The zero-order valence-electron chi connectivity index (χ0n) is 10.4. The van der Waals surface area contributed by atoms with E-state index in [9.17, 15) is 0 Å². The van der Waals surface area contributed by atoms with Gasteiger partial charge < -0.3 is 5.73 Å². The van der Waals surface area contributed by atoms with E-state index in [0.717, 1.165) is 22.6 Å². The maximum atomic E-state index is 5.85. The van der Waals surface area contributed by atoms with Gasteiger partial charge in [-0.05, 0) is 26.3 Å². The molecule has 0 radical (unpaired) electrons. The van der Waals surface area contributed by atoms with Crippen molar-refractivity contribution in [1.29, 1.82) is 0 Å². The fourth-order valence-electron chi connectivity index (χ4n) is 1.88. The Labute approximate surface area is 102 Å². The number of nitrogens with two attached hydrogens (primary N) is 1. The van der Waals surface area contributed by atoms with Crippen molar-refractivity contribution >= 4 is 0 Å². The fourth-order valence-corrected chi connectivity index (χ4v) is 1.88. The molecule has 17 heavy (non-hydrogen) atoms. The summed E-state index contributed by atoms with van der Waals surface area (Å²) in [5, 5.41) is 0. The number of aryl methyl sites for hydroxylation is 2. The van der Waals surface area contributed by atoms with Crippen LogP contribution in [0.3, 0.4) is 0 Å². The molecular formula is C14H17N3. The molecule has 0 saturated heterocycles. The van der Waals surface area contributed by atoms with Gasteiger partial charge in [0.05, 0.1) is 0 Å². The Balaban J connectivity index is 2.49. The van der Waals surface area contributed by atoms with Crippen molar-refractivity contribution in [2.24, 2.45) is 5.73 Å². The molecule has 88 valence electrons. The van der Waals surface area contributed by atoms with E-state index in [0.29, 0.717) is 0 Å². The lowest BCUT2D eigenvalue weighted by Gasteiger charge is -2.10. The van der Waals surface area contributed by atoms with Crippen LogP contribution in [0.4, 0.5) is 0 Å². The first-order valence-electron chi connectivity index (χ1n) is 5.74. The van der Waals surface area contributed by atoms with E-state index >= 15 is 0 Å². The predicted molar refractivity (Wildman–Crippen MR) is 69.5 cm³/mol. The zero-order valence-corrected chi connectivity index (χ0v) is 10.4. The molecule has 1 heterocycles. The highest BCUT2D eigenvalue weighted by molar-refractivity contribution is 5.59. The van der Waals surface area contributed by atoms with Crippen molar-refractivity contribution in [3.8, 4) is 11.4 Å². The Morgan fingerprint density at radius 3 is 2.47 bits per heavy atom. The van der Waals surface area contributed by atoms with Crippen LogP contribution in [0.5, 0.6) is 0 Å². The van der Waals surface area contributed by atoms with Gasteiger partial charge in [0.1, 0.15) is 0 Å². The third-order valence-electron chi connectivity index (χ3n) is 2.89. The lowest BCUT2D eigenvalue weighted by atomic mass is 10.1. The van der Waals surface area contributed by atoms with E-state index in [-0.39, 0.29) is 6.04 Å². The minimum absolute atomic E-state index is 0.0269. The van der Waals surface area contributed by atoms with Crippen LogP contribution in [-0.4, -0.2) is 9.97 Å². The minimum Gasteiger partial charge on any atom is -0.324 e. The number of hydrogen-bond donors (Lipinski definition) is 1. The molecule has 1 atom stereocenters. The third-order valence-corrected chi connectivity index (χ3v) is 2.89. The first-order chi connectivity index (χ1) is 8.09. The molecule has 0 amide bonds. The molecule has 2 aromatic rings. The number of rotatable bonds is 2. The molecular weight excluding hydrogens is 210 g/mol. The second-order valence-corrected chi connectivity index (χ2v) is 4.34. The van der Waals surface area contributed by atoms with Gasteiger partial charge in [-0.15, -0.1) is 0 Å². The molecule has 0 saturated carbocycles. The van der Waals surface area contributed by atoms with E-state index < -0.39 is 0 Å². The molecule has 3 heteroatoms. The Bertz CT molecular complexity index is 533. The van der Waals surface area contributed by atoms with Gasteiger partial charge >= 0.3 is 0 Å². The Kier molecular flexibility index (Phi) is 3.20. The van der Waals surface area contributed by atoms with E-state index in [1.54, 1.807) is 0 Å². The van der Waals surface area contributed by atoms with Crippen LogP contribution in [0, 0.1) is 13.8 Å². The molecule has 0 aliphatic heterocycles. The summed E-state index contributed by atoms with van der Waals surface area (Å²) in [6.45, 7) is 5.98. The quantitative estimate of drug-likeness (QED) is 0.858. The molecule has 2 rings (SSSR count). The van der Waals surface area contributed by atoms with Crippen molar-refractivity contribution in [3.05, 3.63) is 47.3 Å². The van der Waals surface area contributed by atoms with Crippen LogP contribution in [0.15, 0.2) is 30.5 Å². The summed E-state index contributed by atoms with van der Waals surface area (Å²) in [4.78, 5) is 8.94. The molecule has 1 unspecified atom stereocenters. The fraction of sp³-hybridized carbons (Fsp3) is 0.286. The van der Waals surface area contributed by atoms with Crippen LogP contribution in [0.25, 0.3) is 11.4 Å². The molecule has 3 nitrogen and oxygen atoms in total. The smallest absolute Gasteiger partial charge is 0.159 e. The Hall–Kier alpha value is -1.74. The van der Waals surface area contributed by atoms with E-state index in [1.165, 1.54) is 5.56 Å². The summed E-state index contributed by atoms with van der Waals surface area (Å²) in [5.41, 5.74) is 10.1. The van der Waals surface area contributed by atoms with Gasteiger partial charge in [-0.3, -0.25) is 0 Å². The summed E-state index contributed by atoms with van der Waals surface area (Å²) in [6, 6.07) is 8.09. The van der Waals surface area contributed by atoms with E-state index in [1.807, 2.05) is 38.2 Å². The molecule has 0 aliphatic rings. The van der Waals surface area contributed by atoms with Gasteiger partial charge in [-0.25, -0.2) is 9.97 Å². The monoisotopic (exact) mass is 227 g/mol. The summed E-state index contributed by atoms with van der Waals surface area (Å²) < 4.78 is 0. The first-order valence-corrected chi connectivity index (χ1v) is 5.74. The van der Waals surface area contributed by atoms with Crippen molar-refractivity contribution in [3.63, 3.8) is 0 Å². The average molecular weight is 227 g/mol. The Morgan fingerprint density at radius 2 is 1.88 bits per heavy atom. The van der Waals surface area contributed by atoms with Crippen LogP contribution < -0.4 is 5.73 Å². The van der Waals surface area contributed by atoms with Gasteiger partial charge in [-0.2, -0.15) is 0 Å². The first kappa shape index (κ1) is 11.7. The number of nitrogens with zero attached hydrogens (tertiary/aromatic N) is 2. The average Bonchev–Trinajstić information content (AvgIpc) is 2.29. The highest BCUT2D eigenvalue weighted by atomic mass is 14.9. The summed E-state index contributed by atoms with van der Waals surface area (Å²) in [7, 11) is 0. The zero-order chi connectivity index (χ0) is 12.4. The number of aromatic nitrogens is 2. The highest BCUT2D eigenvalue weighted by Crippen LogP contribution is 2.21. The third kappa shape index (κ3) is 2.34. The molecule has 0 spiro atoms. The number of hydrogen-bond acceptors (Lipinski definition) is 3. The SMILES string of the molecule is Cc1ccccc1-c1ncc(C(C)N)c(C)n1. The van der Waals surface area contributed by atoms with E-state index in [2.05, 4.69) is 23.0 Å². The maximum Gasteiger partial charge on any atom is 0.159 e. The highest BCUT2D eigenvalue weighted by Gasteiger charge is 2.09. The molecule has 2 N–H and O–H groups in total. The van der Waals surface area contributed by atoms with Gasteiger partial charge in [-0.1, -0.05) is 24.3 Å². The van der Waals surface area contributed by atoms with Crippen LogP contribution in [0.2, 0.25) is 0 Å². The van der Waals surface area contributed by atoms with E-state index in [4.69, 9.17) is 5.73 Å². The van der Waals surface area contributed by atoms with Gasteiger partial charge in [0.25, 0.3) is 0 Å². The summed E-state index contributed by atoms with van der Waals surface area (Å²) in [5.74, 6) is 0.769. The van der Waals surface area contributed by atoms with Crippen LogP contribution >= 0.6 is 0 Å². The maximum absolute atomic E-state index is 5.85. The van der Waals surface area contributed by atoms with Gasteiger partial charge in [0.2, 0.25) is 0 Å². The van der Waals surface area contributed by atoms with Crippen LogP contribution in [0.1, 0.15) is 29.8 Å². The molecule has 0 fully saturated rings. The van der Waals surface area contributed by atoms with Crippen molar-refractivity contribution in [1.82, 2.24) is 9.97 Å². The lowest BCUT2D eigenvalue weighted by molar-refractivity contribution is 0.790. The minimum atomic E-state index is -0.0269. The molecule has 0 bridgehead atoms. The standard InChI is InChI=1S/C14H17N3/c1-9-6-4-5-7-12(9)14-16-8-13(10(2)15)11(3)17-14/h4-8,10H,15H2,1-3H3. The second kappa shape index (κ2) is 4.63. The molecule has 0 aliphatic carbocycles. The molecule has 1 aromatic carbocycles. The summed E-state index contributed by atoms with van der Waals surface area (Å²) in [6.07, 6.45) is 1.83. The lowest BCUT2D eigenvalue weighted by Crippen LogP contribution is -2.09. The van der Waals surface area contributed by atoms with Gasteiger partial charge in [0.15, 0.2) is 5.82 Å². The summed E-state index contributed by atoms with van der Waals surface area (Å²) >= 11 is 0. The van der Waals surface area contributed by atoms with Crippen molar-refractivity contribution in [2.75, 3.05) is 0 Å². The normalized spacial score (nSPS) is 12.5. The number of benzene rings is 1. The Morgan fingerprint density at radius 1 is 1.18 bits per heavy atom. The second-order valence-electron chi connectivity index (χ2n) is 4.34. The molecule has 1 aromatic heterocycles. The topological polar surface area (TPSA) is 51.8 Å². The van der Waals surface area contributed by atoms with Crippen LogP contribution in [-0.2, 0) is 0 Å². The largest absolute Gasteiger partial charge is 0.324 e.